The number of hydrogen-bond donors (Lipinski definition) is 2. The Hall–Kier alpha value is -2.49. The van der Waals surface area contributed by atoms with Crippen LogP contribution in [0.25, 0.3) is 0 Å². The maximum atomic E-state index is 12.7. The van der Waals surface area contributed by atoms with Crippen molar-refractivity contribution in [3.05, 3.63) is 0 Å². The predicted octanol–water partition coefficient (Wildman–Crippen LogP) is 0.895. The summed E-state index contributed by atoms with van der Waals surface area (Å²) >= 11 is 0. The highest BCUT2D eigenvalue weighted by Crippen LogP contribution is 2.27. The smallest absolute Gasteiger partial charge is 0.334 e. The van der Waals surface area contributed by atoms with Gasteiger partial charge in [-0.05, 0) is 40.5 Å². The molecule has 2 heterocycles. The summed E-state index contributed by atoms with van der Waals surface area (Å²) in [6, 6.07) is 0.898. The molecule has 32 heavy (non-hydrogen) atoms. The van der Waals surface area contributed by atoms with E-state index in [1.54, 1.807) is 0 Å². The van der Waals surface area contributed by atoms with E-state index < -0.39 is 23.2 Å². The van der Waals surface area contributed by atoms with Gasteiger partial charge in [-0.3, -0.25) is 24.1 Å². The number of rotatable bonds is 10. The van der Waals surface area contributed by atoms with Gasteiger partial charge in [0.1, 0.15) is 0 Å². The van der Waals surface area contributed by atoms with Crippen molar-refractivity contribution >= 4 is 29.6 Å². The first-order valence-electron chi connectivity index (χ1n) is 11.4. The molecule has 0 saturated carbocycles. The number of imide groups is 1. The first kappa shape index (κ1) is 25.8. The Morgan fingerprint density at radius 1 is 0.969 bits per heavy atom. The van der Waals surface area contributed by atoms with Crippen LogP contribution >= 0.6 is 0 Å². The molecule has 10 nitrogen and oxygen atoms in total. The maximum Gasteiger partial charge on any atom is 0.334 e. The van der Waals surface area contributed by atoms with Crippen molar-refractivity contribution in [1.29, 1.82) is 0 Å². The Morgan fingerprint density at radius 2 is 1.53 bits per heavy atom. The minimum atomic E-state index is -0.773. The van der Waals surface area contributed by atoms with Crippen LogP contribution in [0.2, 0.25) is 0 Å². The van der Waals surface area contributed by atoms with Crippen LogP contribution < -0.4 is 10.6 Å². The summed E-state index contributed by atoms with van der Waals surface area (Å²) in [7, 11) is 0. The largest absolute Gasteiger partial charge is 0.355 e. The maximum absolute atomic E-state index is 12.7. The highest BCUT2D eigenvalue weighted by atomic mass is 16.7. The van der Waals surface area contributed by atoms with Crippen LogP contribution in [0.1, 0.15) is 72.6 Å². The Kier molecular flexibility index (Phi) is 9.18. The molecule has 0 aromatic heterocycles. The lowest BCUT2D eigenvalue weighted by Crippen LogP contribution is -2.52. The molecule has 4 amide bonds. The van der Waals surface area contributed by atoms with Gasteiger partial charge in [-0.15, -0.1) is 5.06 Å². The second-order valence-corrected chi connectivity index (χ2v) is 9.34. The van der Waals surface area contributed by atoms with E-state index in [1.807, 2.05) is 13.8 Å². The van der Waals surface area contributed by atoms with E-state index in [4.69, 9.17) is 4.84 Å². The number of carbonyl (C=O) groups is 5. The van der Waals surface area contributed by atoms with Gasteiger partial charge in [0.15, 0.2) is 0 Å². The quantitative estimate of drug-likeness (QED) is 0.472. The standard InChI is InChI=1S/C22H36N4O6/c1-15-6-5-7-16(2)25(15)14-22(3,4)21(31)24-12-10-17(27)23-13-11-20(30)32-26-18(28)8-9-19(26)29/h15-16H,5-14H2,1-4H3,(H,23,27)(H,24,31). The molecule has 2 saturated heterocycles. The lowest BCUT2D eigenvalue weighted by molar-refractivity contribution is -0.197. The van der Waals surface area contributed by atoms with E-state index in [2.05, 4.69) is 29.4 Å². The highest BCUT2D eigenvalue weighted by Gasteiger charge is 2.35. The third-order valence-corrected chi connectivity index (χ3v) is 6.06. The fourth-order valence-electron chi connectivity index (χ4n) is 4.04. The average Bonchev–Trinajstić information content (AvgIpc) is 3.02. The molecule has 2 aliphatic rings. The second-order valence-electron chi connectivity index (χ2n) is 9.34. The van der Waals surface area contributed by atoms with E-state index in [-0.39, 0.29) is 50.6 Å². The monoisotopic (exact) mass is 452 g/mol. The number of hydroxylamine groups is 2. The Labute approximate surface area is 189 Å². The highest BCUT2D eigenvalue weighted by molar-refractivity contribution is 6.01. The molecule has 0 radical (unpaired) electrons. The normalized spacial score (nSPS) is 22.1. The lowest BCUT2D eigenvalue weighted by Gasteiger charge is -2.42. The molecule has 0 aromatic carbocycles. The van der Waals surface area contributed by atoms with Crippen LogP contribution in [0.15, 0.2) is 0 Å². The third kappa shape index (κ3) is 7.29. The molecular weight excluding hydrogens is 416 g/mol. The van der Waals surface area contributed by atoms with E-state index >= 15 is 0 Å². The molecule has 0 aromatic rings. The lowest BCUT2D eigenvalue weighted by atomic mass is 9.87. The first-order valence-corrected chi connectivity index (χ1v) is 11.4. The fourth-order valence-corrected chi connectivity index (χ4v) is 4.04. The number of nitrogens with zero attached hydrogens (tertiary/aromatic N) is 2. The number of amides is 4. The van der Waals surface area contributed by atoms with Gasteiger partial charge in [0.2, 0.25) is 11.8 Å². The Balaban J connectivity index is 1.64. The summed E-state index contributed by atoms with van der Waals surface area (Å²) in [4.78, 5) is 66.3. The van der Waals surface area contributed by atoms with Gasteiger partial charge in [0, 0.05) is 51.0 Å². The topological polar surface area (TPSA) is 125 Å². The van der Waals surface area contributed by atoms with Gasteiger partial charge >= 0.3 is 5.97 Å². The van der Waals surface area contributed by atoms with Gasteiger partial charge in [0.25, 0.3) is 11.8 Å². The van der Waals surface area contributed by atoms with E-state index in [9.17, 15) is 24.0 Å². The fraction of sp³-hybridized carbons (Fsp3) is 0.773. The van der Waals surface area contributed by atoms with Crippen LogP contribution in [0.3, 0.4) is 0 Å². The molecule has 2 atom stereocenters. The predicted molar refractivity (Wildman–Crippen MR) is 116 cm³/mol. The van der Waals surface area contributed by atoms with E-state index in [0.717, 1.165) is 12.8 Å². The second kappa shape index (κ2) is 11.4. The molecular formula is C22H36N4O6. The minimum Gasteiger partial charge on any atom is -0.355 e. The molecule has 2 fully saturated rings. The van der Waals surface area contributed by atoms with Gasteiger partial charge in [-0.2, -0.15) is 0 Å². The third-order valence-electron chi connectivity index (χ3n) is 6.06. The van der Waals surface area contributed by atoms with E-state index in [1.165, 1.54) is 6.42 Å². The number of likely N-dealkylation sites (tertiary alicyclic amines) is 1. The van der Waals surface area contributed by atoms with Crippen molar-refractivity contribution in [3.8, 4) is 0 Å². The van der Waals surface area contributed by atoms with Crippen LogP contribution in [0.4, 0.5) is 0 Å². The van der Waals surface area contributed by atoms with Gasteiger partial charge in [-0.25, -0.2) is 4.79 Å². The van der Waals surface area contributed by atoms with Gasteiger partial charge in [0.05, 0.1) is 11.8 Å². The summed E-state index contributed by atoms with van der Waals surface area (Å²) < 4.78 is 0. The summed E-state index contributed by atoms with van der Waals surface area (Å²) in [5, 5.41) is 5.87. The molecule has 2 rings (SSSR count). The Bertz CT molecular complexity index is 712. The summed E-state index contributed by atoms with van der Waals surface area (Å²) in [6.45, 7) is 9.10. The van der Waals surface area contributed by atoms with Gasteiger partial charge in [-0.1, -0.05) is 6.42 Å². The Morgan fingerprint density at radius 3 is 2.12 bits per heavy atom. The molecule has 0 bridgehead atoms. The van der Waals surface area contributed by atoms with Crippen molar-refractivity contribution in [1.82, 2.24) is 20.6 Å². The first-order chi connectivity index (χ1) is 15.0. The zero-order chi connectivity index (χ0) is 23.9. The SMILES string of the molecule is CC1CCCC(C)N1CC(C)(C)C(=O)NCCC(=O)NCCC(=O)ON1C(=O)CCC1=O. The van der Waals surface area contributed by atoms with Gasteiger partial charge < -0.3 is 15.5 Å². The summed E-state index contributed by atoms with van der Waals surface area (Å²) in [5.74, 6) is -2.28. The molecule has 10 heteroatoms. The van der Waals surface area contributed by atoms with Crippen molar-refractivity contribution in [2.24, 2.45) is 5.41 Å². The molecule has 0 aliphatic carbocycles. The average molecular weight is 453 g/mol. The minimum absolute atomic E-state index is 0.0120. The summed E-state index contributed by atoms with van der Waals surface area (Å²) in [5.41, 5.74) is -0.579. The molecule has 180 valence electrons. The zero-order valence-corrected chi connectivity index (χ0v) is 19.6. The molecule has 2 aliphatic heterocycles. The van der Waals surface area contributed by atoms with Crippen LogP contribution in [-0.4, -0.2) is 71.3 Å². The number of hydrogen-bond acceptors (Lipinski definition) is 7. The van der Waals surface area contributed by atoms with Crippen molar-refractivity contribution < 1.29 is 28.8 Å². The van der Waals surface area contributed by atoms with Crippen molar-refractivity contribution in [3.63, 3.8) is 0 Å². The number of carbonyl (C=O) groups excluding carboxylic acids is 5. The zero-order valence-electron chi connectivity index (χ0n) is 19.6. The van der Waals surface area contributed by atoms with Crippen molar-refractivity contribution in [2.45, 2.75) is 84.7 Å². The molecule has 0 spiro atoms. The number of nitrogens with one attached hydrogen (secondary N) is 2. The summed E-state index contributed by atoms with van der Waals surface area (Å²) in [6.07, 6.45) is 3.46. The van der Waals surface area contributed by atoms with Crippen LogP contribution in [-0.2, 0) is 28.8 Å². The van der Waals surface area contributed by atoms with Crippen molar-refractivity contribution in [2.75, 3.05) is 19.6 Å². The van der Waals surface area contributed by atoms with Crippen LogP contribution in [0, 0.1) is 5.41 Å². The molecule has 2 N–H and O–H groups in total. The molecule has 2 unspecified atom stereocenters. The van der Waals surface area contributed by atoms with E-state index in [0.29, 0.717) is 23.7 Å². The van der Waals surface area contributed by atoms with Crippen LogP contribution in [0.5, 0.6) is 0 Å². The number of piperidine rings is 1.